The lowest BCUT2D eigenvalue weighted by Gasteiger charge is -2.23. The van der Waals surface area contributed by atoms with Crippen LogP contribution in [0.2, 0.25) is 0 Å². The summed E-state index contributed by atoms with van der Waals surface area (Å²) in [5.74, 6) is 0.829. The first-order valence-electron chi connectivity index (χ1n) is 5.14. The molecule has 2 heterocycles. The SMILES string of the molecule is BrCc1ccc(OC2CCCOC2)cn1. The molecule has 1 unspecified atom stereocenters. The van der Waals surface area contributed by atoms with Gasteiger partial charge in [-0.3, -0.25) is 4.98 Å². The molecule has 0 aromatic carbocycles. The van der Waals surface area contributed by atoms with Crippen molar-refractivity contribution in [3.63, 3.8) is 0 Å². The Balaban J connectivity index is 1.91. The predicted octanol–water partition coefficient (Wildman–Crippen LogP) is 2.53. The van der Waals surface area contributed by atoms with Gasteiger partial charge in [-0.05, 0) is 25.0 Å². The van der Waals surface area contributed by atoms with E-state index in [-0.39, 0.29) is 6.10 Å². The van der Waals surface area contributed by atoms with Gasteiger partial charge < -0.3 is 9.47 Å². The Hall–Kier alpha value is -0.610. The van der Waals surface area contributed by atoms with Crippen LogP contribution in [0.15, 0.2) is 18.3 Å². The Morgan fingerprint density at radius 2 is 2.47 bits per heavy atom. The summed E-state index contributed by atoms with van der Waals surface area (Å²) >= 11 is 3.36. The fourth-order valence-electron chi connectivity index (χ4n) is 1.56. The van der Waals surface area contributed by atoms with Gasteiger partial charge in [0.05, 0.1) is 18.5 Å². The van der Waals surface area contributed by atoms with E-state index in [1.54, 1.807) is 6.20 Å². The van der Waals surface area contributed by atoms with Gasteiger partial charge in [-0.1, -0.05) is 15.9 Å². The van der Waals surface area contributed by atoms with Gasteiger partial charge in [-0.2, -0.15) is 0 Å². The number of alkyl halides is 1. The minimum atomic E-state index is 0.190. The molecule has 0 radical (unpaired) electrons. The number of pyridine rings is 1. The Bertz CT molecular complexity index is 296. The molecule has 0 saturated carbocycles. The predicted molar refractivity (Wildman–Crippen MR) is 61.3 cm³/mol. The zero-order valence-corrected chi connectivity index (χ0v) is 10.1. The summed E-state index contributed by atoms with van der Waals surface area (Å²) in [6.07, 6.45) is 4.11. The molecule has 1 aliphatic rings. The van der Waals surface area contributed by atoms with Crippen molar-refractivity contribution >= 4 is 15.9 Å². The van der Waals surface area contributed by atoms with Crippen molar-refractivity contribution in [3.05, 3.63) is 24.0 Å². The molecule has 1 saturated heterocycles. The Morgan fingerprint density at radius 1 is 1.53 bits per heavy atom. The minimum absolute atomic E-state index is 0.190. The van der Waals surface area contributed by atoms with Gasteiger partial charge in [0.15, 0.2) is 0 Å². The second-order valence-electron chi connectivity index (χ2n) is 3.58. The second-order valence-corrected chi connectivity index (χ2v) is 4.14. The molecule has 82 valence electrons. The summed E-state index contributed by atoms with van der Waals surface area (Å²) < 4.78 is 11.1. The molecule has 0 bridgehead atoms. The minimum Gasteiger partial charge on any atom is -0.486 e. The average Bonchev–Trinajstić information content (AvgIpc) is 2.31. The lowest BCUT2D eigenvalue weighted by Crippen LogP contribution is -2.28. The lowest BCUT2D eigenvalue weighted by molar-refractivity contribution is 0.00727. The second kappa shape index (κ2) is 5.47. The molecule has 0 N–H and O–H groups in total. The van der Waals surface area contributed by atoms with Crippen molar-refractivity contribution in [1.29, 1.82) is 0 Å². The van der Waals surface area contributed by atoms with E-state index in [0.717, 1.165) is 36.2 Å². The van der Waals surface area contributed by atoms with Crippen LogP contribution in [0.4, 0.5) is 0 Å². The molecule has 4 heteroatoms. The van der Waals surface area contributed by atoms with Gasteiger partial charge in [0, 0.05) is 11.9 Å². The fraction of sp³-hybridized carbons (Fsp3) is 0.545. The molecule has 0 amide bonds. The third-order valence-corrected chi connectivity index (χ3v) is 2.93. The fourth-order valence-corrected chi connectivity index (χ4v) is 1.89. The van der Waals surface area contributed by atoms with Crippen molar-refractivity contribution in [2.45, 2.75) is 24.3 Å². The molecule has 1 aromatic rings. The zero-order valence-electron chi connectivity index (χ0n) is 8.49. The summed E-state index contributed by atoms with van der Waals surface area (Å²) in [6.45, 7) is 1.56. The normalized spacial score (nSPS) is 21.3. The number of rotatable bonds is 3. The standard InChI is InChI=1S/C11H14BrNO2/c12-6-9-3-4-10(7-13-9)15-11-2-1-5-14-8-11/h3-4,7,11H,1-2,5-6,8H2. The lowest BCUT2D eigenvalue weighted by atomic mass is 10.2. The van der Waals surface area contributed by atoms with E-state index in [9.17, 15) is 0 Å². The van der Waals surface area contributed by atoms with Crippen molar-refractivity contribution in [2.75, 3.05) is 13.2 Å². The van der Waals surface area contributed by atoms with Crippen LogP contribution in [0.5, 0.6) is 5.75 Å². The van der Waals surface area contributed by atoms with Crippen LogP contribution in [-0.4, -0.2) is 24.3 Å². The highest BCUT2D eigenvalue weighted by Crippen LogP contribution is 2.16. The summed E-state index contributed by atoms with van der Waals surface area (Å²) in [6, 6.07) is 3.92. The molecule has 2 rings (SSSR count). The van der Waals surface area contributed by atoms with Gasteiger partial charge in [-0.25, -0.2) is 0 Å². The van der Waals surface area contributed by atoms with Gasteiger partial charge >= 0.3 is 0 Å². The number of aromatic nitrogens is 1. The molecule has 1 atom stereocenters. The van der Waals surface area contributed by atoms with E-state index < -0.39 is 0 Å². The van der Waals surface area contributed by atoms with E-state index in [4.69, 9.17) is 9.47 Å². The van der Waals surface area contributed by atoms with Crippen molar-refractivity contribution in [1.82, 2.24) is 4.98 Å². The molecule has 3 nitrogen and oxygen atoms in total. The van der Waals surface area contributed by atoms with Crippen LogP contribution in [0.1, 0.15) is 18.5 Å². The van der Waals surface area contributed by atoms with Crippen LogP contribution >= 0.6 is 15.9 Å². The molecule has 1 aromatic heterocycles. The van der Waals surface area contributed by atoms with Gasteiger partial charge in [-0.15, -0.1) is 0 Å². The highest BCUT2D eigenvalue weighted by molar-refractivity contribution is 9.08. The monoisotopic (exact) mass is 271 g/mol. The highest BCUT2D eigenvalue weighted by Gasteiger charge is 2.15. The van der Waals surface area contributed by atoms with Crippen molar-refractivity contribution in [3.8, 4) is 5.75 Å². The van der Waals surface area contributed by atoms with E-state index in [1.165, 1.54) is 0 Å². The van der Waals surface area contributed by atoms with E-state index in [0.29, 0.717) is 6.61 Å². The van der Waals surface area contributed by atoms with Crippen LogP contribution in [0, 0.1) is 0 Å². The van der Waals surface area contributed by atoms with Gasteiger partial charge in [0.1, 0.15) is 11.9 Å². The van der Waals surface area contributed by atoms with Gasteiger partial charge in [0.25, 0.3) is 0 Å². The van der Waals surface area contributed by atoms with E-state index in [1.807, 2.05) is 12.1 Å². The Kier molecular flexibility index (Phi) is 3.97. The van der Waals surface area contributed by atoms with E-state index >= 15 is 0 Å². The quantitative estimate of drug-likeness (QED) is 0.792. The number of hydrogen-bond donors (Lipinski definition) is 0. The Labute approximate surface area is 97.9 Å². The third-order valence-electron chi connectivity index (χ3n) is 2.36. The number of nitrogens with zero attached hydrogens (tertiary/aromatic N) is 1. The highest BCUT2D eigenvalue weighted by atomic mass is 79.9. The maximum Gasteiger partial charge on any atom is 0.138 e. The summed E-state index contributed by atoms with van der Waals surface area (Å²) in [5.41, 5.74) is 1.02. The van der Waals surface area contributed by atoms with Crippen LogP contribution in [0.25, 0.3) is 0 Å². The van der Waals surface area contributed by atoms with Crippen LogP contribution < -0.4 is 4.74 Å². The van der Waals surface area contributed by atoms with Crippen molar-refractivity contribution < 1.29 is 9.47 Å². The summed E-state index contributed by atoms with van der Waals surface area (Å²) in [5, 5.41) is 0.778. The molecule has 0 aliphatic carbocycles. The molecule has 0 spiro atoms. The van der Waals surface area contributed by atoms with Crippen LogP contribution in [-0.2, 0) is 10.1 Å². The first-order valence-corrected chi connectivity index (χ1v) is 6.26. The third kappa shape index (κ3) is 3.18. The molecule has 15 heavy (non-hydrogen) atoms. The molecule has 1 aliphatic heterocycles. The average molecular weight is 272 g/mol. The topological polar surface area (TPSA) is 31.4 Å². The van der Waals surface area contributed by atoms with E-state index in [2.05, 4.69) is 20.9 Å². The summed E-state index contributed by atoms with van der Waals surface area (Å²) in [4.78, 5) is 4.25. The Morgan fingerprint density at radius 3 is 3.07 bits per heavy atom. The molecular weight excluding hydrogens is 258 g/mol. The number of halogens is 1. The van der Waals surface area contributed by atoms with Gasteiger partial charge in [0.2, 0.25) is 0 Å². The first-order chi connectivity index (χ1) is 7.38. The first kappa shape index (κ1) is 10.9. The largest absolute Gasteiger partial charge is 0.486 e. The van der Waals surface area contributed by atoms with Crippen LogP contribution in [0.3, 0.4) is 0 Å². The molecular formula is C11H14BrNO2. The smallest absolute Gasteiger partial charge is 0.138 e. The maximum absolute atomic E-state index is 5.75. The van der Waals surface area contributed by atoms with Crippen molar-refractivity contribution in [2.24, 2.45) is 0 Å². The summed E-state index contributed by atoms with van der Waals surface area (Å²) in [7, 11) is 0. The molecule has 1 fully saturated rings. The maximum atomic E-state index is 5.75. The number of ether oxygens (including phenoxy) is 2. The zero-order chi connectivity index (χ0) is 10.5. The number of hydrogen-bond acceptors (Lipinski definition) is 3.